The third kappa shape index (κ3) is 1.86. The number of hydrogen-bond acceptors (Lipinski definition) is 3. The molecule has 0 bridgehead atoms. The van der Waals surface area contributed by atoms with Crippen LogP contribution in [0.4, 0.5) is 14.7 Å². The molecule has 0 spiro atoms. The molecule has 0 saturated carbocycles. The van der Waals surface area contributed by atoms with E-state index in [9.17, 15) is 8.78 Å². The van der Waals surface area contributed by atoms with Crippen molar-refractivity contribution in [1.82, 2.24) is 14.5 Å². The van der Waals surface area contributed by atoms with Crippen molar-refractivity contribution in [3.63, 3.8) is 0 Å². The van der Waals surface area contributed by atoms with Gasteiger partial charge in [-0.3, -0.25) is 9.55 Å². The molecule has 0 aliphatic rings. The van der Waals surface area contributed by atoms with Gasteiger partial charge in [0.05, 0.1) is 21.9 Å². The van der Waals surface area contributed by atoms with Gasteiger partial charge < -0.3 is 5.73 Å². The minimum absolute atomic E-state index is 0.00639. The minimum Gasteiger partial charge on any atom is -0.369 e. The summed E-state index contributed by atoms with van der Waals surface area (Å²) in [6, 6.07) is 3.76. The maximum Gasteiger partial charge on any atom is 0.206 e. The monoisotopic (exact) mass is 324 g/mol. The van der Waals surface area contributed by atoms with Crippen LogP contribution in [0.3, 0.4) is 0 Å². The molecule has 7 heteroatoms. The second-order valence-electron chi connectivity index (χ2n) is 3.89. The van der Waals surface area contributed by atoms with E-state index in [-0.39, 0.29) is 16.1 Å². The first-order valence-electron chi connectivity index (χ1n) is 5.31. The maximum absolute atomic E-state index is 14.0. The van der Waals surface area contributed by atoms with E-state index in [1.165, 1.54) is 17.0 Å². The fraction of sp³-hybridized carbons (Fsp3) is 0. The first-order chi connectivity index (χ1) is 9.08. The van der Waals surface area contributed by atoms with Gasteiger partial charge >= 0.3 is 0 Å². The number of nitrogen functional groups attached to an aromatic ring is 1. The highest BCUT2D eigenvalue weighted by molar-refractivity contribution is 9.10. The van der Waals surface area contributed by atoms with Gasteiger partial charge in [0.2, 0.25) is 5.95 Å². The smallest absolute Gasteiger partial charge is 0.206 e. The second-order valence-corrected chi connectivity index (χ2v) is 4.74. The SMILES string of the molecule is Nc1nc2cnccc2n1-c1cc(F)c(Br)cc1F. The van der Waals surface area contributed by atoms with Crippen LogP contribution in [0.15, 0.2) is 35.1 Å². The minimum atomic E-state index is -0.601. The lowest BCUT2D eigenvalue weighted by atomic mass is 10.3. The molecule has 0 radical (unpaired) electrons. The van der Waals surface area contributed by atoms with Crippen molar-refractivity contribution in [3.05, 3.63) is 46.7 Å². The van der Waals surface area contributed by atoms with Crippen LogP contribution in [-0.2, 0) is 0 Å². The Morgan fingerprint density at radius 2 is 2.00 bits per heavy atom. The van der Waals surface area contributed by atoms with Crippen molar-refractivity contribution in [2.24, 2.45) is 0 Å². The highest BCUT2D eigenvalue weighted by Crippen LogP contribution is 2.27. The van der Waals surface area contributed by atoms with Gasteiger partial charge in [-0.05, 0) is 28.1 Å². The van der Waals surface area contributed by atoms with E-state index < -0.39 is 11.6 Å². The van der Waals surface area contributed by atoms with Crippen LogP contribution in [-0.4, -0.2) is 14.5 Å². The highest BCUT2D eigenvalue weighted by atomic mass is 79.9. The number of nitrogens with zero attached hydrogens (tertiary/aromatic N) is 3. The van der Waals surface area contributed by atoms with E-state index in [2.05, 4.69) is 25.9 Å². The molecule has 2 aromatic heterocycles. The Morgan fingerprint density at radius 1 is 1.21 bits per heavy atom. The first-order valence-corrected chi connectivity index (χ1v) is 6.10. The van der Waals surface area contributed by atoms with Gasteiger partial charge in [-0.25, -0.2) is 13.8 Å². The van der Waals surface area contributed by atoms with Crippen molar-refractivity contribution in [2.45, 2.75) is 0 Å². The van der Waals surface area contributed by atoms with Crippen molar-refractivity contribution >= 4 is 32.9 Å². The zero-order chi connectivity index (χ0) is 13.6. The molecule has 96 valence electrons. The lowest BCUT2D eigenvalue weighted by Crippen LogP contribution is -2.04. The molecule has 2 N–H and O–H groups in total. The molecule has 4 nitrogen and oxygen atoms in total. The standard InChI is InChI=1S/C12H7BrF2N4/c13-6-3-8(15)11(4-7(6)14)19-10-1-2-17-5-9(10)18-12(19)16/h1-5H,(H2,16,18). The van der Waals surface area contributed by atoms with Crippen molar-refractivity contribution in [2.75, 3.05) is 5.73 Å². The van der Waals surface area contributed by atoms with E-state index >= 15 is 0 Å². The summed E-state index contributed by atoms with van der Waals surface area (Å²) in [5.74, 6) is -1.11. The Kier molecular flexibility index (Phi) is 2.70. The lowest BCUT2D eigenvalue weighted by Gasteiger charge is -2.08. The molecule has 0 unspecified atom stereocenters. The Bertz CT molecular complexity index is 785. The molecule has 0 saturated heterocycles. The van der Waals surface area contributed by atoms with Crippen molar-refractivity contribution < 1.29 is 8.78 Å². The molecule has 19 heavy (non-hydrogen) atoms. The molecular formula is C12H7BrF2N4. The summed E-state index contributed by atoms with van der Waals surface area (Å²) in [4.78, 5) is 7.97. The van der Waals surface area contributed by atoms with Gasteiger partial charge in [-0.15, -0.1) is 0 Å². The van der Waals surface area contributed by atoms with Crippen molar-refractivity contribution in [1.29, 1.82) is 0 Å². The fourth-order valence-electron chi connectivity index (χ4n) is 1.89. The number of anilines is 1. The zero-order valence-electron chi connectivity index (χ0n) is 9.44. The highest BCUT2D eigenvalue weighted by Gasteiger charge is 2.15. The molecule has 0 fully saturated rings. The third-order valence-electron chi connectivity index (χ3n) is 2.71. The number of aromatic nitrogens is 3. The average Bonchev–Trinajstić information content (AvgIpc) is 2.70. The Balaban J connectivity index is 2.36. The van der Waals surface area contributed by atoms with Crippen LogP contribution in [0, 0.1) is 11.6 Å². The molecule has 0 amide bonds. The number of hydrogen-bond donors (Lipinski definition) is 1. The number of halogens is 3. The molecular weight excluding hydrogens is 318 g/mol. The number of imidazole rings is 1. The lowest BCUT2D eigenvalue weighted by molar-refractivity contribution is 0.589. The summed E-state index contributed by atoms with van der Waals surface area (Å²) in [5, 5.41) is 0. The van der Waals surface area contributed by atoms with Gasteiger partial charge in [0, 0.05) is 12.3 Å². The van der Waals surface area contributed by atoms with Gasteiger partial charge in [-0.2, -0.15) is 0 Å². The quantitative estimate of drug-likeness (QED) is 0.700. The number of nitrogens with two attached hydrogens (primary N) is 1. The largest absolute Gasteiger partial charge is 0.369 e. The van der Waals surface area contributed by atoms with Crippen LogP contribution >= 0.6 is 15.9 Å². The van der Waals surface area contributed by atoms with Crippen LogP contribution in [0.5, 0.6) is 0 Å². The Morgan fingerprint density at radius 3 is 2.79 bits per heavy atom. The van der Waals surface area contributed by atoms with E-state index in [0.29, 0.717) is 11.0 Å². The van der Waals surface area contributed by atoms with Gasteiger partial charge in [0.15, 0.2) is 0 Å². The van der Waals surface area contributed by atoms with Gasteiger partial charge in [-0.1, -0.05) is 0 Å². The van der Waals surface area contributed by atoms with Gasteiger partial charge in [0.1, 0.15) is 17.2 Å². The molecule has 3 aromatic rings. The normalized spacial score (nSPS) is 11.1. The number of fused-ring (bicyclic) bond motifs is 1. The average molecular weight is 325 g/mol. The summed E-state index contributed by atoms with van der Waals surface area (Å²) in [5.41, 5.74) is 6.85. The number of pyridine rings is 1. The summed E-state index contributed by atoms with van der Waals surface area (Å²) < 4.78 is 29.0. The van der Waals surface area contributed by atoms with Crippen LogP contribution in [0.2, 0.25) is 0 Å². The van der Waals surface area contributed by atoms with E-state index in [1.54, 1.807) is 6.07 Å². The number of rotatable bonds is 1. The third-order valence-corrected chi connectivity index (χ3v) is 3.32. The molecule has 0 aliphatic carbocycles. The first kappa shape index (κ1) is 12.0. The maximum atomic E-state index is 14.0. The van der Waals surface area contributed by atoms with Crippen LogP contribution in [0.25, 0.3) is 16.7 Å². The molecule has 3 rings (SSSR count). The summed E-state index contributed by atoms with van der Waals surface area (Å²) in [6.07, 6.45) is 3.04. The van der Waals surface area contributed by atoms with E-state index in [1.807, 2.05) is 0 Å². The summed E-state index contributed by atoms with van der Waals surface area (Å²) in [7, 11) is 0. The van der Waals surface area contributed by atoms with Crippen LogP contribution in [0.1, 0.15) is 0 Å². The fourth-order valence-corrected chi connectivity index (χ4v) is 2.20. The molecule has 1 aromatic carbocycles. The Hall–Kier alpha value is -2.02. The van der Waals surface area contributed by atoms with E-state index in [4.69, 9.17) is 5.73 Å². The topological polar surface area (TPSA) is 56.7 Å². The van der Waals surface area contributed by atoms with Crippen LogP contribution < -0.4 is 5.73 Å². The number of benzene rings is 1. The van der Waals surface area contributed by atoms with Gasteiger partial charge in [0.25, 0.3) is 0 Å². The summed E-state index contributed by atoms with van der Waals surface area (Å²) in [6.45, 7) is 0. The zero-order valence-corrected chi connectivity index (χ0v) is 11.0. The predicted octanol–water partition coefficient (Wildman–Crippen LogP) is 3.04. The van der Waals surface area contributed by atoms with Crippen molar-refractivity contribution in [3.8, 4) is 5.69 Å². The molecule has 0 aliphatic heterocycles. The Labute approximate surface area is 115 Å². The predicted molar refractivity (Wildman–Crippen MR) is 70.9 cm³/mol. The molecule has 0 atom stereocenters. The second kappa shape index (κ2) is 4.27. The molecule has 2 heterocycles. The summed E-state index contributed by atoms with van der Waals surface area (Å²) >= 11 is 2.93. The van der Waals surface area contributed by atoms with E-state index in [0.717, 1.165) is 12.1 Å².